The van der Waals surface area contributed by atoms with Crippen LogP contribution in [0.3, 0.4) is 0 Å². The lowest BCUT2D eigenvalue weighted by atomic mass is 10.2. The van der Waals surface area contributed by atoms with Crippen LogP contribution in [-0.2, 0) is 0 Å². The van der Waals surface area contributed by atoms with Crippen molar-refractivity contribution in [1.29, 1.82) is 0 Å². The van der Waals surface area contributed by atoms with Crippen molar-refractivity contribution in [2.45, 2.75) is 0 Å². The van der Waals surface area contributed by atoms with Gasteiger partial charge in [-0.3, -0.25) is 14.6 Å². The number of aromatic carboxylic acids is 1. The molecule has 3 rings (SSSR count). The fourth-order valence-electron chi connectivity index (χ4n) is 1.99. The highest BCUT2D eigenvalue weighted by Gasteiger charge is 2.36. The predicted molar refractivity (Wildman–Crippen MR) is 66.6 cm³/mol. The zero-order valence-electron chi connectivity index (χ0n) is 9.98. The zero-order chi connectivity index (χ0) is 14.3. The second kappa shape index (κ2) is 4.23. The number of carbonyl (C=O) groups is 3. The molecule has 98 valence electrons. The Balaban J connectivity index is 2.09. The topological polar surface area (TPSA) is 100 Å². The highest BCUT2D eigenvalue weighted by molar-refractivity contribution is 6.34. The summed E-state index contributed by atoms with van der Waals surface area (Å²) in [6, 6.07) is 4.04. The first-order valence-electron chi connectivity index (χ1n) is 5.62. The van der Waals surface area contributed by atoms with Gasteiger partial charge in [0.05, 0.1) is 16.8 Å². The van der Waals surface area contributed by atoms with E-state index in [-0.39, 0.29) is 22.5 Å². The molecule has 7 heteroatoms. The van der Waals surface area contributed by atoms with Crippen LogP contribution >= 0.6 is 0 Å². The molecule has 20 heavy (non-hydrogen) atoms. The highest BCUT2D eigenvalue weighted by atomic mass is 16.4. The summed E-state index contributed by atoms with van der Waals surface area (Å²) in [6.07, 6.45) is 3.97. The van der Waals surface area contributed by atoms with Crippen LogP contribution < -0.4 is 4.90 Å². The Kier molecular flexibility index (Phi) is 2.53. The zero-order valence-corrected chi connectivity index (χ0v) is 9.98. The van der Waals surface area contributed by atoms with Crippen molar-refractivity contribution in [2.75, 3.05) is 4.90 Å². The Morgan fingerprint density at radius 1 is 1.10 bits per heavy atom. The smallest absolute Gasteiger partial charge is 0.354 e. The third-order valence-corrected chi connectivity index (χ3v) is 2.91. The minimum atomic E-state index is -1.23. The van der Waals surface area contributed by atoms with Gasteiger partial charge in [-0.05, 0) is 18.2 Å². The van der Waals surface area contributed by atoms with E-state index >= 15 is 0 Å². The Morgan fingerprint density at radius 3 is 2.55 bits per heavy atom. The van der Waals surface area contributed by atoms with E-state index in [0.717, 1.165) is 4.90 Å². The number of anilines is 1. The van der Waals surface area contributed by atoms with Crippen molar-refractivity contribution < 1.29 is 19.5 Å². The monoisotopic (exact) mass is 269 g/mol. The molecular formula is C13H7N3O4. The molecule has 1 aliphatic rings. The lowest BCUT2D eigenvalue weighted by Gasteiger charge is -2.13. The van der Waals surface area contributed by atoms with E-state index in [9.17, 15) is 14.4 Å². The number of hydrogen-bond acceptors (Lipinski definition) is 5. The van der Waals surface area contributed by atoms with Crippen LogP contribution in [0.15, 0.2) is 36.8 Å². The Bertz CT molecular complexity index is 722. The van der Waals surface area contributed by atoms with Crippen LogP contribution in [0.5, 0.6) is 0 Å². The molecule has 0 saturated carbocycles. The number of pyridine rings is 2. The van der Waals surface area contributed by atoms with Crippen molar-refractivity contribution in [1.82, 2.24) is 9.97 Å². The van der Waals surface area contributed by atoms with Crippen LogP contribution in [0.2, 0.25) is 0 Å². The number of fused-ring (bicyclic) bond motifs is 1. The number of rotatable bonds is 2. The molecule has 0 aliphatic carbocycles. The fraction of sp³-hybridized carbons (Fsp3) is 0. The van der Waals surface area contributed by atoms with Gasteiger partial charge in [0.15, 0.2) is 0 Å². The van der Waals surface area contributed by atoms with Gasteiger partial charge in [0, 0.05) is 18.6 Å². The van der Waals surface area contributed by atoms with Crippen LogP contribution in [-0.4, -0.2) is 32.9 Å². The first kappa shape index (κ1) is 12.0. The molecule has 1 aliphatic heterocycles. The molecule has 0 bridgehead atoms. The second-order valence-electron chi connectivity index (χ2n) is 4.07. The van der Waals surface area contributed by atoms with Crippen LogP contribution in [0.4, 0.5) is 5.69 Å². The average Bonchev–Trinajstić information content (AvgIpc) is 2.72. The van der Waals surface area contributed by atoms with Crippen molar-refractivity contribution >= 4 is 23.5 Å². The lowest BCUT2D eigenvalue weighted by Crippen LogP contribution is -2.29. The number of imide groups is 1. The lowest BCUT2D eigenvalue weighted by molar-refractivity contribution is 0.0689. The Hall–Kier alpha value is -3.09. The van der Waals surface area contributed by atoms with Gasteiger partial charge in [-0.15, -0.1) is 0 Å². The van der Waals surface area contributed by atoms with E-state index in [2.05, 4.69) is 9.97 Å². The Morgan fingerprint density at radius 2 is 1.85 bits per heavy atom. The van der Waals surface area contributed by atoms with Gasteiger partial charge >= 0.3 is 5.97 Å². The molecule has 7 nitrogen and oxygen atoms in total. The van der Waals surface area contributed by atoms with E-state index in [4.69, 9.17) is 5.11 Å². The molecule has 0 saturated heterocycles. The maximum absolute atomic E-state index is 12.2. The number of hydrogen-bond donors (Lipinski definition) is 1. The van der Waals surface area contributed by atoms with Gasteiger partial charge in [0.2, 0.25) is 0 Å². The second-order valence-corrected chi connectivity index (χ2v) is 4.07. The summed E-state index contributed by atoms with van der Waals surface area (Å²) in [5.41, 5.74) is 0.380. The summed E-state index contributed by atoms with van der Waals surface area (Å²) in [7, 11) is 0. The highest BCUT2D eigenvalue weighted by Crippen LogP contribution is 2.27. The molecule has 0 fully saturated rings. The van der Waals surface area contributed by atoms with Crippen LogP contribution in [0.1, 0.15) is 31.2 Å². The first-order valence-corrected chi connectivity index (χ1v) is 5.62. The van der Waals surface area contributed by atoms with Gasteiger partial charge in [-0.25, -0.2) is 14.7 Å². The minimum absolute atomic E-state index is 0.170. The van der Waals surface area contributed by atoms with Crippen molar-refractivity contribution in [3.63, 3.8) is 0 Å². The first-order chi connectivity index (χ1) is 9.59. The maximum atomic E-state index is 12.2. The van der Waals surface area contributed by atoms with E-state index in [1.54, 1.807) is 0 Å². The van der Waals surface area contributed by atoms with Gasteiger partial charge < -0.3 is 5.11 Å². The third kappa shape index (κ3) is 1.64. The largest absolute Gasteiger partial charge is 0.477 e. The SMILES string of the molecule is O=C(O)c1cc(N2C(=O)c3ccncc3C2=O)ccn1. The summed E-state index contributed by atoms with van der Waals surface area (Å²) in [5, 5.41) is 8.90. The quantitative estimate of drug-likeness (QED) is 0.815. The van der Waals surface area contributed by atoms with E-state index in [1.165, 1.54) is 36.8 Å². The number of carboxylic acid groups (broad SMARTS) is 1. The number of carbonyl (C=O) groups excluding carboxylic acids is 2. The van der Waals surface area contributed by atoms with E-state index < -0.39 is 17.8 Å². The third-order valence-electron chi connectivity index (χ3n) is 2.91. The number of carboxylic acids is 1. The van der Waals surface area contributed by atoms with Crippen molar-refractivity contribution in [2.24, 2.45) is 0 Å². The molecule has 0 aromatic carbocycles. The van der Waals surface area contributed by atoms with Crippen LogP contribution in [0, 0.1) is 0 Å². The molecule has 0 spiro atoms. The Labute approximate surface area is 112 Å². The molecule has 1 N–H and O–H groups in total. The van der Waals surface area contributed by atoms with Crippen LogP contribution in [0.25, 0.3) is 0 Å². The van der Waals surface area contributed by atoms with Crippen molar-refractivity contribution in [3.8, 4) is 0 Å². The fourth-order valence-corrected chi connectivity index (χ4v) is 1.99. The van der Waals surface area contributed by atoms with Crippen molar-refractivity contribution in [3.05, 3.63) is 53.6 Å². The molecule has 2 amide bonds. The number of amides is 2. The summed E-state index contributed by atoms with van der Waals surface area (Å²) in [5.74, 6) is -2.26. The molecule has 2 aromatic rings. The predicted octanol–water partition coefficient (Wildman–Crippen LogP) is 0.975. The summed E-state index contributed by atoms with van der Waals surface area (Å²) in [4.78, 5) is 43.6. The maximum Gasteiger partial charge on any atom is 0.354 e. The van der Waals surface area contributed by atoms with Gasteiger partial charge in [-0.2, -0.15) is 0 Å². The van der Waals surface area contributed by atoms with Gasteiger partial charge in [-0.1, -0.05) is 0 Å². The average molecular weight is 269 g/mol. The molecule has 3 heterocycles. The van der Waals surface area contributed by atoms with E-state index in [1.807, 2.05) is 0 Å². The van der Waals surface area contributed by atoms with E-state index in [0.29, 0.717) is 0 Å². The van der Waals surface area contributed by atoms with Gasteiger partial charge in [0.1, 0.15) is 5.69 Å². The number of aromatic nitrogens is 2. The minimum Gasteiger partial charge on any atom is -0.477 e. The molecule has 0 unspecified atom stereocenters. The molecule has 2 aromatic heterocycles. The molecule has 0 radical (unpaired) electrons. The molecule has 0 atom stereocenters. The normalized spacial score (nSPS) is 13.5. The van der Waals surface area contributed by atoms with Gasteiger partial charge in [0.25, 0.3) is 11.8 Å². The standard InChI is InChI=1S/C13H7N3O4/c17-11-8-2-3-14-6-9(8)12(18)16(11)7-1-4-15-10(5-7)13(19)20/h1-6H,(H,19,20). The number of nitrogens with zero attached hydrogens (tertiary/aromatic N) is 3. The summed E-state index contributed by atoms with van der Waals surface area (Å²) in [6.45, 7) is 0. The molecular weight excluding hydrogens is 262 g/mol. The summed E-state index contributed by atoms with van der Waals surface area (Å²) < 4.78 is 0. The summed E-state index contributed by atoms with van der Waals surface area (Å²) >= 11 is 0.